The summed E-state index contributed by atoms with van der Waals surface area (Å²) in [7, 11) is 0. The summed E-state index contributed by atoms with van der Waals surface area (Å²) in [6.07, 6.45) is 3.43. The summed E-state index contributed by atoms with van der Waals surface area (Å²) < 4.78 is 13.8. The van der Waals surface area contributed by atoms with E-state index >= 15 is 0 Å². The molecule has 1 aromatic heterocycles. The van der Waals surface area contributed by atoms with E-state index in [1.54, 1.807) is 6.20 Å². The second kappa shape index (κ2) is 9.02. The highest BCUT2D eigenvalue weighted by molar-refractivity contribution is 7.71. The van der Waals surface area contributed by atoms with Gasteiger partial charge in [0.1, 0.15) is 10.5 Å². The number of H-pyrrole nitrogens is 1. The standard InChI is InChI=1S/C25H26FN3OS/c1-16-5-3-4-6-22(16)28-23-17(2)24(31)27-15-21(23)25(30)29-13-11-19(12-14-29)18-7-9-20(26)10-8-18/h3-10,15,19H,11-14H2,1-2H3,(H2,27,28,31). The minimum atomic E-state index is -0.221. The summed E-state index contributed by atoms with van der Waals surface area (Å²) in [5, 5.41) is 3.44. The number of rotatable bonds is 4. The van der Waals surface area contributed by atoms with Gasteiger partial charge >= 0.3 is 0 Å². The maximum absolute atomic E-state index is 13.4. The molecule has 1 aliphatic heterocycles. The van der Waals surface area contributed by atoms with E-state index in [1.165, 1.54) is 12.1 Å². The number of piperidine rings is 1. The normalized spacial score (nSPS) is 14.5. The molecule has 2 heterocycles. The Morgan fingerprint density at radius 3 is 2.45 bits per heavy atom. The molecule has 1 fully saturated rings. The van der Waals surface area contributed by atoms with Crippen molar-refractivity contribution in [3.63, 3.8) is 0 Å². The predicted octanol–water partition coefficient (Wildman–Crippen LogP) is 6.26. The summed E-state index contributed by atoms with van der Waals surface area (Å²) in [4.78, 5) is 18.4. The highest BCUT2D eigenvalue weighted by atomic mass is 32.1. The number of carbonyl (C=O) groups is 1. The third kappa shape index (κ3) is 4.54. The average Bonchev–Trinajstić information content (AvgIpc) is 2.79. The van der Waals surface area contributed by atoms with Gasteiger partial charge in [-0.05, 0) is 61.9 Å². The molecular weight excluding hydrogens is 409 g/mol. The number of para-hydroxylation sites is 1. The first kappa shape index (κ1) is 21.2. The predicted molar refractivity (Wildman–Crippen MR) is 125 cm³/mol. The first-order chi connectivity index (χ1) is 14.9. The number of benzene rings is 2. The Labute approximate surface area is 187 Å². The van der Waals surface area contributed by atoms with Crippen LogP contribution in [0.3, 0.4) is 0 Å². The van der Waals surface area contributed by atoms with Gasteiger partial charge in [0.2, 0.25) is 0 Å². The number of anilines is 2. The molecule has 31 heavy (non-hydrogen) atoms. The van der Waals surface area contributed by atoms with Crippen LogP contribution in [0.5, 0.6) is 0 Å². The molecular formula is C25H26FN3OS. The van der Waals surface area contributed by atoms with Crippen LogP contribution in [0.1, 0.15) is 45.8 Å². The van der Waals surface area contributed by atoms with Gasteiger partial charge in [-0.15, -0.1) is 0 Å². The van der Waals surface area contributed by atoms with Crippen LogP contribution in [-0.2, 0) is 0 Å². The number of carbonyl (C=O) groups excluding carboxylic acids is 1. The molecule has 0 saturated carbocycles. The molecule has 0 atom stereocenters. The number of amides is 1. The first-order valence-electron chi connectivity index (χ1n) is 10.5. The molecule has 2 N–H and O–H groups in total. The fraction of sp³-hybridized carbons (Fsp3) is 0.280. The molecule has 1 amide bonds. The summed E-state index contributed by atoms with van der Waals surface area (Å²) in [5.41, 5.74) is 5.38. The number of aromatic amines is 1. The number of nitrogens with zero attached hydrogens (tertiary/aromatic N) is 1. The van der Waals surface area contributed by atoms with E-state index < -0.39 is 0 Å². The Kier molecular flexibility index (Phi) is 6.18. The molecule has 0 unspecified atom stereocenters. The zero-order valence-electron chi connectivity index (χ0n) is 17.7. The quantitative estimate of drug-likeness (QED) is 0.475. The molecule has 4 rings (SSSR count). The second-order valence-electron chi connectivity index (χ2n) is 8.09. The smallest absolute Gasteiger partial charge is 0.257 e. The van der Waals surface area contributed by atoms with Gasteiger partial charge in [-0.2, -0.15) is 0 Å². The van der Waals surface area contributed by atoms with Crippen molar-refractivity contribution in [3.05, 3.63) is 87.4 Å². The van der Waals surface area contributed by atoms with E-state index in [0.717, 1.165) is 40.9 Å². The van der Waals surface area contributed by atoms with Crippen molar-refractivity contribution in [1.29, 1.82) is 0 Å². The number of hydrogen-bond donors (Lipinski definition) is 2. The van der Waals surface area contributed by atoms with Crippen molar-refractivity contribution in [1.82, 2.24) is 9.88 Å². The molecule has 2 aromatic carbocycles. The largest absolute Gasteiger partial charge is 0.354 e. The van der Waals surface area contributed by atoms with Crippen molar-refractivity contribution in [2.75, 3.05) is 18.4 Å². The number of halogens is 1. The zero-order valence-corrected chi connectivity index (χ0v) is 18.6. The van der Waals surface area contributed by atoms with Crippen molar-refractivity contribution in [3.8, 4) is 0 Å². The van der Waals surface area contributed by atoms with Crippen molar-refractivity contribution in [2.45, 2.75) is 32.6 Å². The van der Waals surface area contributed by atoms with Crippen LogP contribution in [0, 0.1) is 24.3 Å². The zero-order chi connectivity index (χ0) is 22.0. The molecule has 0 bridgehead atoms. The minimum Gasteiger partial charge on any atom is -0.354 e. The lowest BCUT2D eigenvalue weighted by atomic mass is 9.89. The molecule has 6 heteroatoms. The lowest BCUT2D eigenvalue weighted by molar-refractivity contribution is 0.0713. The SMILES string of the molecule is Cc1ccccc1Nc1c(C(=O)N2CCC(c3ccc(F)cc3)CC2)c[nH]c(=S)c1C. The van der Waals surface area contributed by atoms with Gasteiger partial charge in [0, 0.05) is 30.5 Å². The number of likely N-dealkylation sites (tertiary alicyclic amines) is 1. The monoisotopic (exact) mass is 435 g/mol. The van der Waals surface area contributed by atoms with Crippen LogP contribution in [0.4, 0.5) is 15.8 Å². The fourth-order valence-corrected chi connectivity index (χ4v) is 4.29. The average molecular weight is 436 g/mol. The van der Waals surface area contributed by atoms with E-state index in [0.29, 0.717) is 29.2 Å². The Hall–Kier alpha value is -2.99. The van der Waals surface area contributed by atoms with Crippen LogP contribution in [0.2, 0.25) is 0 Å². The summed E-state index contributed by atoms with van der Waals surface area (Å²) >= 11 is 5.42. The van der Waals surface area contributed by atoms with Crippen LogP contribution in [-0.4, -0.2) is 28.9 Å². The van der Waals surface area contributed by atoms with Crippen LogP contribution >= 0.6 is 12.2 Å². The summed E-state index contributed by atoms with van der Waals surface area (Å²) in [5.74, 6) is 0.113. The topological polar surface area (TPSA) is 48.1 Å². The van der Waals surface area contributed by atoms with Crippen molar-refractivity contribution in [2.24, 2.45) is 0 Å². The van der Waals surface area contributed by atoms with Gasteiger partial charge < -0.3 is 15.2 Å². The van der Waals surface area contributed by atoms with Gasteiger partial charge in [0.05, 0.1) is 11.3 Å². The van der Waals surface area contributed by atoms with Crippen molar-refractivity contribution >= 4 is 29.5 Å². The maximum atomic E-state index is 13.4. The number of aromatic nitrogens is 1. The lowest BCUT2D eigenvalue weighted by Gasteiger charge is -2.33. The fourth-order valence-electron chi connectivity index (χ4n) is 4.13. The maximum Gasteiger partial charge on any atom is 0.257 e. The highest BCUT2D eigenvalue weighted by Gasteiger charge is 2.27. The number of nitrogens with one attached hydrogen (secondary N) is 2. The van der Waals surface area contributed by atoms with E-state index in [2.05, 4.69) is 10.3 Å². The van der Waals surface area contributed by atoms with Gasteiger partial charge in [0.15, 0.2) is 0 Å². The molecule has 1 saturated heterocycles. The van der Waals surface area contributed by atoms with Gasteiger partial charge in [-0.1, -0.05) is 42.5 Å². The molecule has 0 aliphatic carbocycles. The summed E-state index contributed by atoms with van der Waals surface area (Å²) in [6, 6.07) is 14.7. The summed E-state index contributed by atoms with van der Waals surface area (Å²) in [6.45, 7) is 5.29. The van der Waals surface area contributed by atoms with Crippen LogP contribution in [0.25, 0.3) is 0 Å². The number of hydrogen-bond acceptors (Lipinski definition) is 3. The Morgan fingerprint density at radius 1 is 1.10 bits per heavy atom. The molecule has 1 aliphatic rings. The second-order valence-corrected chi connectivity index (χ2v) is 8.50. The Morgan fingerprint density at radius 2 is 1.77 bits per heavy atom. The molecule has 0 spiro atoms. The van der Waals surface area contributed by atoms with E-state index in [1.807, 2.05) is 55.1 Å². The molecule has 0 radical (unpaired) electrons. The number of pyridine rings is 1. The minimum absolute atomic E-state index is 0.0111. The molecule has 4 nitrogen and oxygen atoms in total. The first-order valence-corrected chi connectivity index (χ1v) is 10.9. The third-order valence-electron chi connectivity index (χ3n) is 6.09. The van der Waals surface area contributed by atoms with E-state index in [-0.39, 0.29) is 11.7 Å². The van der Waals surface area contributed by atoms with E-state index in [9.17, 15) is 9.18 Å². The number of aryl methyl sites for hydroxylation is 1. The molecule has 160 valence electrons. The van der Waals surface area contributed by atoms with E-state index in [4.69, 9.17) is 12.2 Å². The van der Waals surface area contributed by atoms with Crippen LogP contribution in [0.15, 0.2) is 54.7 Å². The highest BCUT2D eigenvalue weighted by Crippen LogP contribution is 2.31. The van der Waals surface area contributed by atoms with Gasteiger partial charge in [-0.3, -0.25) is 4.79 Å². The Balaban J connectivity index is 1.55. The Bertz CT molecular complexity index is 1150. The van der Waals surface area contributed by atoms with Crippen molar-refractivity contribution < 1.29 is 9.18 Å². The van der Waals surface area contributed by atoms with Gasteiger partial charge in [0.25, 0.3) is 5.91 Å². The van der Waals surface area contributed by atoms with Crippen LogP contribution < -0.4 is 5.32 Å². The molecule has 3 aromatic rings. The lowest BCUT2D eigenvalue weighted by Crippen LogP contribution is -2.38. The third-order valence-corrected chi connectivity index (χ3v) is 6.52. The van der Waals surface area contributed by atoms with Gasteiger partial charge in [-0.25, -0.2) is 4.39 Å².